The molecule has 0 unspecified atom stereocenters. The molecule has 0 radical (unpaired) electrons. The fourth-order valence-corrected chi connectivity index (χ4v) is 1.63. The molecule has 1 amide bonds. The minimum Gasteiger partial charge on any atom is -0.381 e. The minimum absolute atomic E-state index is 0.165. The van der Waals surface area contributed by atoms with Gasteiger partial charge in [0.2, 0.25) is 5.91 Å². The van der Waals surface area contributed by atoms with Crippen LogP contribution in [0.15, 0.2) is 12.2 Å². The molecule has 15 heavy (non-hydrogen) atoms. The van der Waals surface area contributed by atoms with Crippen LogP contribution in [-0.4, -0.2) is 25.7 Å². The summed E-state index contributed by atoms with van der Waals surface area (Å²) < 4.78 is 5.21. The number of unbranched alkanes of at least 4 members (excludes halogenated alkanes) is 1. The van der Waals surface area contributed by atoms with Gasteiger partial charge in [-0.15, -0.1) is 0 Å². The first kappa shape index (κ1) is 12.2. The summed E-state index contributed by atoms with van der Waals surface area (Å²) in [4.78, 5) is 11.6. The lowest BCUT2D eigenvalue weighted by Gasteiger charge is -2.20. The third-order valence-electron chi connectivity index (χ3n) is 2.61. The van der Waals surface area contributed by atoms with Crippen molar-refractivity contribution < 1.29 is 9.53 Å². The maximum absolute atomic E-state index is 11.6. The molecule has 1 N–H and O–H groups in total. The number of rotatable bonds is 5. The number of hydrogen-bond acceptors (Lipinski definition) is 2. The average molecular weight is 211 g/mol. The smallest absolute Gasteiger partial charge is 0.223 e. The Hall–Kier alpha value is -0.830. The van der Waals surface area contributed by atoms with Crippen molar-refractivity contribution in [2.45, 2.75) is 32.6 Å². The van der Waals surface area contributed by atoms with E-state index in [4.69, 9.17) is 4.74 Å². The molecule has 3 nitrogen and oxygen atoms in total. The molecule has 0 aliphatic carbocycles. The van der Waals surface area contributed by atoms with Crippen molar-refractivity contribution in [3.63, 3.8) is 0 Å². The highest BCUT2D eigenvalue weighted by Crippen LogP contribution is 2.14. The lowest BCUT2D eigenvalue weighted by molar-refractivity contribution is -0.127. The van der Waals surface area contributed by atoms with Crippen molar-refractivity contribution in [1.29, 1.82) is 0 Å². The molecule has 1 rings (SSSR count). The zero-order valence-corrected chi connectivity index (χ0v) is 9.50. The number of nitrogens with one attached hydrogen (secondary N) is 1. The standard InChI is InChI=1S/C12H21NO2/c1-2-3-4-5-8-13-12(14)11-6-9-15-10-7-11/h4-5,11H,2-3,6-10H2,1H3,(H,13,14)/b5-4+. The first-order valence-electron chi connectivity index (χ1n) is 5.85. The molecule has 86 valence electrons. The Morgan fingerprint density at radius 2 is 2.13 bits per heavy atom. The maximum Gasteiger partial charge on any atom is 0.223 e. The lowest BCUT2D eigenvalue weighted by atomic mass is 9.99. The molecule has 1 fully saturated rings. The fourth-order valence-electron chi connectivity index (χ4n) is 1.63. The topological polar surface area (TPSA) is 38.3 Å². The second-order valence-corrected chi connectivity index (χ2v) is 3.89. The molecule has 3 heteroatoms. The van der Waals surface area contributed by atoms with Crippen LogP contribution in [0.4, 0.5) is 0 Å². The SMILES string of the molecule is CCC/C=C/CNC(=O)C1CCOCC1. The summed E-state index contributed by atoms with van der Waals surface area (Å²) in [7, 11) is 0. The maximum atomic E-state index is 11.6. The molecule has 0 atom stereocenters. The van der Waals surface area contributed by atoms with Gasteiger partial charge < -0.3 is 10.1 Å². The minimum atomic E-state index is 0.165. The van der Waals surface area contributed by atoms with Gasteiger partial charge in [0.25, 0.3) is 0 Å². The Balaban J connectivity index is 2.11. The van der Waals surface area contributed by atoms with Crippen molar-refractivity contribution in [2.24, 2.45) is 5.92 Å². The van der Waals surface area contributed by atoms with Crippen LogP contribution in [0, 0.1) is 5.92 Å². The van der Waals surface area contributed by atoms with Gasteiger partial charge in [-0.2, -0.15) is 0 Å². The van der Waals surface area contributed by atoms with E-state index in [0.29, 0.717) is 6.54 Å². The Labute approximate surface area is 91.9 Å². The summed E-state index contributed by atoms with van der Waals surface area (Å²) >= 11 is 0. The van der Waals surface area contributed by atoms with E-state index in [0.717, 1.165) is 38.9 Å². The predicted octanol–water partition coefficient (Wildman–Crippen LogP) is 1.89. The third-order valence-corrected chi connectivity index (χ3v) is 2.61. The van der Waals surface area contributed by atoms with Crippen LogP contribution in [0.3, 0.4) is 0 Å². The van der Waals surface area contributed by atoms with Gasteiger partial charge in [0, 0.05) is 25.7 Å². The number of ether oxygens (including phenoxy) is 1. The lowest BCUT2D eigenvalue weighted by Crippen LogP contribution is -2.34. The first-order valence-corrected chi connectivity index (χ1v) is 5.85. The zero-order valence-electron chi connectivity index (χ0n) is 9.50. The van der Waals surface area contributed by atoms with Crippen molar-refractivity contribution >= 4 is 5.91 Å². The molecule has 0 aromatic carbocycles. The van der Waals surface area contributed by atoms with Crippen molar-refractivity contribution in [1.82, 2.24) is 5.32 Å². The summed E-state index contributed by atoms with van der Waals surface area (Å²) in [5.41, 5.74) is 0. The molecular weight excluding hydrogens is 190 g/mol. The Bertz CT molecular complexity index is 208. The first-order chi connectivity index (χ1) is 7.34. The second kappa shape index (κ2) is 7.46. The van der Waals surface area contributed by atoms with Crippen molar-refractivity contribution in [2.75, 3.05) is 19.8 Å². The van der Waals surface area contributed by atoms with Crippen LogP contribution in [0.1, 0.15) is 32.6 Å². The van der Waals surface area contributed by atoms with E-state index in [1.54, 1.807) is 0 Å². The van der Waals surface area contributed by atoms with E-state index < -0.39 is 0 Å². The van der Waals surface area contributed by atoms with Crippen LogP contribution in [0.25, 0.3) is 0 Å². The molecule has 0 saturated carbocycles. The normalized spacial score (nSPS) is 18.2. The summed E-state index contributed by atoms with van der Waals surface area (Å²) in [6.45, 7) is 4.26. The van der Waals surface area contributed by atoms with E-state index >= 15 is 0 Å². The van der Waals surface area contributed by atoms with Crippen LogP contribution in [0.5, 0.6) is 0 Å². The van der Waals surface area contributed by atoms with Gasteiger partial charge in [-0.25, -0.2) is 0 Å². The molecule has 1 aliphatic rings. The fraction of sp³-hybridized carbons (Fsp3) is 0.750. The van der Waals surface area contributed by atoms with Gasteiger partial charge in [-0.1, -0.05) is 25.5 Å². The van der Waals surface area contributed by atoms with Gasteiger partial charge in [0.05, 0.1) is 0 Å². The summed E-state index contributed by atoms with van der Waals surface area (Å²) in [6.07, 6.45) is 8.12. The van der Waals surface area contributed by atoms with Gasteiger partial charge in [-0.3, -0.25) is 4.79 Å². The van der Waals surface area contributed by atoms with Crippen LogP contribution < -0.4 is 5.32 Å². The van der Waals surface area contributed by atoms with Crippen LogP contribution in [0.2, 0.25) is 0 Å². The van der Waals surface area contributed by atoms with Gasteiger partial charge in [-0.05, 0) is 19.3 Å². The Morgan fingerprint density at radius 3 is 2.80 bits per heavy atom. The van der Waals surface area contributed by atoms with E-state index in [2.05, 4.69) is 18.3 Å². The molecule has 1 aliphatic heterocycles. The highest BCUT2D eigenvalue weighted by atomic mass is 16.5. The molecule has 0 aromatic heterocycles. The summed E-state index contributed by atoms with van der Waals surface area (Å²) in [5.74, 6) is 0.345. The van der Waals surface area contributed by atoms with E-state index in [9.17, 15) is 4.79 Å². The molecule has 0 bridgehead atoms. The number of allylic oxidation sites excluding steroid dienone is 1. The molecule has 0 spiro atoms. The number of carbonyl (C=O) groups is 1. The van der Waals surface area contributed by atoms with E-state index in [-0.39, 0.29) is 11.8 Å². The van der Waals surface area contributed by atoms with Gasteiger partial charge in [0.1, 0.15) is 0 Å². The van der Waals surface area contributed by atoms with Gasteiger partial charge in [0.15, 0.2) is 0 Å². The Morgan fingerprint density at radius 1 is 1.40 bits per heavy atom. The quantitative estimate of drug-likeness (QED) is 0.705. The molecule has 1 heterocycles. The predicted molar refractivity (Wildman–Crippen MR) is 60.6 cm³/mol. The number of carbonyl (C=O) groups excluding carboxylic acids is 1. The summed E-state index contributed by atoms with van der Waals surface area (Å²) in [5, 5.41) is 2.93. The highest BCUT2D eigenvalue weighted by molar-refractivity contribution is 5.78. The van der Waals surface area contributed by atoms with Crippen molar-refractivity contribution in [3.05, 3.63) is 12.2 Å². The average Bonchev–Trinajstić information content (AvgIpc) is 2.30. The number of hydrogen-bond donors (Lipinski definition) is 1. The van der Waals surface area contributed by atoms with Crippen LogP contribution >= 0.6 is 0 Å². The molecule has 1 saturated heterocycles. The van der Waals surface area contributed by atoms with E-state index in [1.807, 2.05) is 6.08 Å². The molecular formula is C12H21NO2. The Kier molecular flexibility index (Phi) is 6.09. The third kappa shape index (κ3) is 4.98. The van der Waals surface area contributed by atoms with Gasteiger partial charge >= 0.3 is 0 Å². The highest BCUT2D eigenvalue weighted by Gasteiger charge is 2.20. The van der Waals surface area contributed by atoms with Crippen LogP contribution in [-0.2, 0) is 9.53 Å². The monoisotopic (exact) mass is 211 g/mol. The summed E-state index contributed by atoms with van der Waals surface area (Å²) in [6, 6.07) is 0. The molecule has 0 aromatic rings. The zero-order chi connectivity index (χ0) is 10.9. The second-order valence-electron chi connectivity index (χ2n) is 3.89. The van der Waals surface area contributed by atoms with E-state index in [1.165, 1.54) is 0 Å². The largest absolute Gasteiger partial charge is 0.381 e. The number of amides is 1. The van der Waals surface area contributed by atoms with Crippen molar-refractivity contribution in [3.8, 4) is 0 Å².